The minimum absolute atomic E-state index is 0.00916. The predicted octanol–water partition coefficient (Wildman–Crippen LogP) is 4.09. The minimum atomic E-state index is -0.477. The molecule has 9 nitrogen and oxygen atoms in total. The summed E-state index contributed by atoms with van der Waals surface area (Å²) in [6, 6.07) is 18.6. The average molecular weight is 485 g/mol. The average Bonchev–Trinajstić information content (AvgIpc) is 3.42. The van der Waals surface area contributed by atoms with E-state index in [9.17, 15) is 19.2 Å². The lowest BCUT2D eigenvalue weighted by molar-refractivity contribution is 0.0642. The third-order valence-corrected chi connectivity index (χ3v) is 6.01. The first-order valence-corrected chi connectivity index (χ1v) is 11.5. The zero-order valence-electron chi connectivity index (χ0n) is 19.5. The fourth-order valence-electron chi connectivity index (χ4n) is 4.32. The van der Waals surface area contributed by atoms with Crippen molar-refractivity contribution in [3.63, 3.8) is 0 Å². The quantitative estimate of drug-likeness (QED) is 0.506. The molecule has 2 aliphatic heterocycles. The summed E-state index contributed by atoms with van der Waals surface area (Å²) in [5, 5.41) is 2.86. The number of nitrogens with one attached hydrogen (secondary N) is 1. The van der Waals surface area contributed by atoms with Crippen LogP contribution in [0.25, 0.3) is 0 Å². The Morgan fingerprint density at radius 2 is 1.67 bits per heavy atom. The molecule has 0 radical (unpaired) electrons. The largest absolute Gasteiger partial charge is 0.493 e. The smallest absolute Gasteiger partial charge is 0.414 e. The van der Waals surface area contributed by atoms with Crippen molar-refractivity contribution in [1.29, 1.82) is 0 Å². The van der Waals surface area contributed by atoms with E-state index in [2.05, 4.69) is 5.32 Å². The van der Waals surface area contributed by atoms with Gasteiger partial charge in [0.1, 0.15) is 12.4 Å². The highest BCUT2D eigenvalue weighted by Crippen LogP contribution is 2.31. The molecule has 1 fully saturated rings. The van der Waals surface area contributed by atoms with Crippen LogP contribution >= 0.6 is 0 Å². The van der Waals surface area contributed by atoms with Gasteiger partial charge in [-0.05, 0) is 48.9 Å². The molecule has 0 aromatic heterocycles. The Hall–Kier alpha value is -4.66. The van der Waals surface area contributed by atoms with Gasteiger partial charge in [-0.15, -0.1) is 0 Å². The van der Waals surface area contributed by atoms with Crippen LogP contribution in [0, 0.1) is 0 Å². The second-order valence-electron chi connectivity index (χ2n) is 8.24. The Bertz CT molecular complexity index is 1350. The summed E-state index contributed by atoms with van der Waals surface area (Å²) in [4.78, 5) is 53.7. The molecule has 5 rings (SSSR count). The van der Waals surface area contributed by atoms with Gasteiger partial charge in [-0.2, -0.15) is 0 Å². The molecule has 1 saturated heterocycles. The number of nitrogens with zero attached hydrogens (tertiary/aromatic N) is 2. The molecule has 9 heteroatoms. The normalized spacial score (nSPS) is 14.6. The standard InChI is InChI=1S/C27H23N3O6/c1-2-35-23-12-11-17(16-30-25(32)18-7-3-4-8-19(18)26(30)33)15-20(23)24(31)28-21-9-5-6-10-22(21)29-13-14-36-27(29)34/h3-12,15H,2,13-14,16H2,1H3,(H,28,31). The van der Waals surface area contributed by atoms with Gasteiger partial charge in [-0.3, -0.25) is 24.2 Å². The number of cyclic esters (lactones) is 1. The van der Waals surface area contributed by atoms with Gasteiger partial charge in [0.05, 0.1) is 47.8 Å². The van der Waals surface area contributed by atoms with Crippen LogP contribution < -0.4 is 15.0 Å². The molecule has 0 saturated carbocycles. The predicted molar refractivity (Wildman–Crippen MR) is 131 cm³/mol. The van der Waals surface area contributed by atoms with Crippen LogP contribution in [0.1, 0.15) is 43.6 Å². The zero-order chi connectivity index (χ0) is 25.2. The molecule has 0 atom stereocenters. The molecule has 3 aromatic rings. The van der Waals surface area contributed by atoms with Crippen LogP contribution in [0.5, 0.6) is 5.75 Å². The minimum Gasteiger partial charge on any atom is -0.493 e. The topological polar surface area (TPSA) is 105 Å². The first kappa shape index (κ1) is 23.1. The van der Waals surface area contributed by atoms with E-state index in [1.807, 2.05) is 6.92 Å². The van der Waals surface area contributed by atoms with Crippen LogP contribution in [0.3, 0.4) is 0 Å². The molecule has 3 aromatic carbocycles. The lowest BCUT2D eigenvalue weighted by Gasteiger charge is -2.19. The molecule has 2 heterocycles. The molecule has 182 valence electrons. The molecule has 0 unspecified atom stereocenters. The molecular formula is C27H23N3O6. The van der Waals surface area contributed by atoms with Crippen molar-refractivity contribution in [2.24, 2.45) is 0 Å². The highest BCUT2D eigenvalue weighted by atomic mass is 16.6. The van der Waals surface area contributed by atoms with Gasteiger partial charge >= 0.3 is 6.09 Å². The highest BCUT2D eigenvalue weighted by Gasteiger charge is 2.35. The fourth-order valence-corrected chi connectivity index (χ4v) is 4.32. The molecular weight excluding hydrogens is 462 g/mol. The molecule has 2 aliphatic rings. The number of fused-ring (bicyclic) bond motifs is 1. The van der Waals surface area contributed by atoms with E-state index in [1.54, 1.807) is 66.7 Å². The van der Waals surface area contributed by atoms with E-state index in [-0.39, 0.29) is 30.5 Å². The van der Waals surface area contributed by atoms with Crippen LogP contribution in [0.4, 0.5) is 16.2 Å². The SMILES string of the molecule is CCOc1ccc(CN2C(=O)c3ccccc3C2=O)cc1C(=O)Nc1ccccc1N1CCOC1=O. The summed E-state index contributed by atoms with van der Waals surface area (Å²) in [5.41, 5.74) is 2.52. The monoisotopic (exact) mass is 485 g/mol. The Balaban J connectivity index is 1.42. The Labute approximate surface area is 207 Å². The van der Waals surface area contributed by atoms with Crippen molar-refractivity contribution in [1.82, 2.24) is 4.90 Å². The number of imide groups is 1. The van der Waals surface area contributed by atoms with Crippen LogP contribution in [0.2, 0.25) is 0 Å². The van der Waals surface area contributed by atoms with E-state index in [0.717, 1.165) is 4.90 Å². The summed E-state index contributed by atoms with van der Waals surface area (Å²) in [6.45, 7) is 2.81. The van der Waals surface area contributed by atoms with Crippen LogP contribution in [-0.2, 0) is 11.3 Å². The number of carbonyl (C=O) groups excluding carboxylic acids is 4. The third kappa shape index (κ3) is 4.15. The number of rotatable bonds is 7. The van der Waals surface area contributed by atoms with Gasteiger partial charge in [0.2, 0.25) is 0 Å². The van der Waals surface area contributed by atoms with Crippen molar-refractivity contribution in [3.8, 4) is 5.75 Å². The maximum Gasteiger partial charge on any atom is 0.414 e. The highest BCUT2D eigenvalue weighted by molar-refractivity contribution is 6.21. The summed E-state index contributed by atoms with van der Waals surface area (Å²) < 4.78 is 10.7. The van der Waals surface area contributed by atoms with E-state index < -0.39 is 12.0 Å². The Morgan fingerprint density at radius 1 is 0.972 bits per heavy atom. The van der Waals surface area contributed by atoms with Crippen molar-refractivity contribution in [2.75, 3.05) is 30.0 Å². The number of amides is 4. The first-order valence-electron chi connectivity index (χ1n) is 11.5. The Morgan fingerprint density at radius 3 is 2.33 bits per heavy atom. The summed E-state index contributed by atoms with van der Waals surface area (Å²) in [6.07, 6.45) is -0.477. The molecule has 36 heavy (non-hydrogen) atoms. The second kappa shape index (κ2) is 9.53. The molecule has 0 aliphatic carbocycles. The van der Waals surface area contributed by atoms with Crippen LogP contribution in [0.15, 0.2) is 66.7 Å². The number of hydrogen-bond acceptors (Lipinski definition) is 6. The van der Waals surface area contributed by atoms with Gasteiger partial charge in [0.15, 0.2) is 0 Å². The lowest BCUT2D eigenvalue weighted by atomic mass is 10.1. The van der Waals surface area contributed by atoms with Gasteiger partial charge in [0, 0.05) is 0 Å². The Kier molecular flexibility index (Phi) is 6.12. The molecule has 4 amide bonds. The number of benzene rings is 3. The van der Waals surface area contributed by atoms with Crippen molar-refractivity contribution in [2.45, 2.75) is 13.5 Å². The van der Waals surface area contributed by atoms with Crippen molar-refractivity contribution in [3.05, 3.63) is 89.0 Å². The number of hydrogen-bond donors (Lipinski definition) is 1. The molecule has 1 N–H and O–H groups in total. The van der Waals surface area contributed by atoms with Crippen molar-refractivity contribution >= 4 is 35.2 Å². The van der Waals surface area contributed by atoms with Crippen molar-refractivity contribution < 1.29 is 28.7 Å². The van der Waals surface area contributed by atoms with E-state index in [4.69, 9.17) is 9.47 Å². The van der Waals surface area contributed by atoms with E-state index in [1.165, 1.54) is 4.90 Å². The summed E-state index contributed by atoms with van der Waals surface area (Å²) >= 11 is 0. The van der Waals surface area contributed by atoms with Gasteiger partial charge in [-0.25, -0.2) is 4.79 Å². The maximum atomic E-state index is 13.4. The zero-order valence-corrected chi connectivity index (χ0v) is 19.5. The maximum absolute atomic E-state index is 13.4. The van der Waals surface area contributed by atoms with Gasteiger partial charge < -0.3 is 14.8 Å². The summed E-state index contributed by atoms with van der Waals surface area (Å²) in [5.74, 6) is -0.842. The van der Waals surface area contributed by atoms with Gasteiger partial charge in [0.25, 0.3) is 17.7 Å². The summed E-state index contributed by atoms with van der Waals surface area (Å²) in [7, 11) is 0. The third-order valence-electron chi connectivity index (χ3n) is 6.01. The van der Waals surface area contributed by atoms with E-state index >= 15 is 0 Å². The molecule has 0 bridgehead atoms. The molecule has 0 spiro atoms. The number of para-hydroxylation sites is 2. The van der Waals surface area contributed by atoms with Gasteiger partial charge in [-0.1, -0.05) is 30.3 Å². The fraction of sp³-hybridized carbons (Fsp3) is 0.185. The first-order chi connectivity index (χ1) is 17.5. The second-order valence-corrected chi connectivity index (χ2v) is 8.24. The number of anilines is 2. The number of carbonyl (C=O) groups is 4. The number of ether oxygens (including phenoxy) is 2. The van der Waals surface area contributed by atoms with E-state index in [0.29, 0.717) is 47.0 Å². The van der Waals surface area contributed by atoms with Crippen LogP contribution in [-0.4, -0.2) is 48.5 Å². The lowest BCUT2D eigenvalue weighted by Crippen LogP contribution is -2.29.